The Morgan fingerprint density at radius 3 is 2.67 bits per heavy atom. The van der Waals surface area contributed by atoms with E-state index in [0.717, 1.165) is 61.9 Å². The molecule has 0 aliphatic carbocycles. The van der Waals surface area contributed by atoms with Crippen molar-refractivity contribution in [3.05, 3.63) is 82.9 Å². The van der Waals surface area contributed by atoms with E-state index in [1.54, 1.807) is 36.4 Å². The number of imidazole rings is 1. The van der Waals surface area contributed by atoms with Crippen LogP contribution in [0.4, 0.5) is 10.2 Å². The highest BCUT2D eigenvalue weighted by Gasteiger charge is 2.29. The molecule has 1 unspecified atom stereocenters. The summed E-state index contributed by atoms with van der Waals surface area (Å²) in [5.41, 5.74) is 2.46. The van der Waals surface area contributed by atoms with Gasteiger partial charge in [-0.3, -0.25) is 4.90 Å². The quantitative estimate of drug-likeness (QED) is 0.313. The molecule has 11 heteroatoms. The van der Waals surface area contributed by atoms with Gasteiger partial charge in [0.1, 0.15) is 24.1 Å². The number of carbonyl (C=O) groups is 1. The van der Waals surface area contributed by atoms with Crippen LogP contribution in [0.25, 0.3) is 11.0 Å². The minimum Gasteiger partial charge on any atom is -0.478 e. The Bertz CT molecular complexity index is 1660. The number of hydrogen-bond donors (Lipinski definition) is 1. The number of fused-ring (bicyclic) bond motifs is 1. The van der Waals surface area contributed by atoms with Crippen molar-refractivity contribution >= 4 is 22.8 Å². The molecule has 4 aromatic rings. The van der Waals surface area contributed by atoms with Gasteiger partial charge in [-0.05, 0) is 49.7 Å². The van der Waals surface area contributed by atoms with Crippen molar-refractivity contribution in [3.63, 3.8) is 0 Å². The number of pyridine rings is 1. The van der Waals surface area contributed by atoms with Crippen molar-refractivity contribution in [1.82, 2.24) is 19.4 Å². The summed E-state index contributed by atoms with van der Waals surface area (Å²) in [5.74, 6) is 0.654. The zero-order valence-corrected chi connectivity index (χ0v) is 23.2. The molecular weight excluding hydrogens is 539 g/mol. The molecule has 2 aromatic carbocycles. The summed E-state index contributed by atoms with van der Waals surface area (Å²) < 4.78 is 27.9. The number of ether oxygens (including phenoxy) is 2. The number of halogens is 1. The first-order valence-electron chi connectivity index (χ1n) is 14.0. The number of nitrogens with zero attached hydrogens (tertiary/aromatic N) is 6. The molecule has 0 saturated carbocycles. The van der Waals surface area contributed by atoms with E-state index in [9.17, 15) is 14.3 Å². The minimum atomic E-state index is -0.959. The van der Waals surface area contributed by atoms with E-state index >= 15 is 0 Å². The normalized spacial score (nSPS) is 17.9. The SMILES string of the molecule is C[C@H](c1nc2ccc(C(=O)O)cc2n1CC1CCO1)N1CCN(c2cccc(OCc3ccc(C#N)cc3F)n2)CC1. The molecule has 2 fully saturated rings. The number of anilines is 1. The molecule has 42 heavy (non-hydrogen) atoms. The molecule has 6 rings (SSSR count). The first kappa shape index (κ1) is 27.6. The maximum absolute atomic E-state index is 14.3. The predicted molar refractivity (Wildman–Crippen MR) is 153 cm³/mol. The van der Waals surface area contributed by atoms with E-state index in [-0.39, 0.29) is 29.9 Å². The van der Waals surface area contributed by atoms with Crippen LogP contribution in [0.2, 0.25) is 0 Å². The van der Waals surface area contributed by atoms with Gasteiger partial charge < -0.3 is 24.0 Å². The fourth-order valence-electron chi connectivity index (χ4n) is 5.47. The van der Waals surface area contributed by atoms with E-state index < -0.39 is 11.8 Å². The maximum atomic E-state index is 14.3. The topological polar surface area (TPSA) is 117 Å². The minimum absolute atomic E-state index is 0.0119. The van der Waals surface area contributed by atoms with E-state index in [2.05, 4.69) is 26.3 Å². The molecule has 0 spiro atoms. The van der Waals surface area contributed by atoms with E-state index in [1.165, 1.54) is 6.07 Å². The van der Waals surface area contributed by atoms with Crippen molar-refractivity contribution in [2.24, 2.45) is 0 Å². The Morgan fingerprint density at radius 2 is 1.98 bits per heavy atom. The number of rotatable bonds is 9. The number of benzene rings is 2. The Kier molecular flexibility index (Phi) is 7.73. The first-order valence-corrected chi connectivity index (χ1v) is 14.0. The van der Waals surface area contributed by atoms with Crippen molar-refractivity contribution in [1.29, 1.82) is 5.26 Å². The van der Waals surface area contributed by atoms with Gasteiger partial charge in [0, 0.05) is 44.4 Å². The van der Waals surface area contributed by atoms with Crippen LogP contribution in [0.5, 0.6) is 5.88 Å². The summed E-state index contributed by atoms with van der Waals surface area (Å²) in [7, 11) is 0. The summed E-state index contributed by atoms with van der Waals surface area (Å²) in [5, 5.41) is 18.5. The predicted octanol–water partition coefficient (Wildman–Crippen LogP) is 4.39. The Hall–Kier alpha value is -4.53. The van der Waals surface area contributed by atoms with Gasteiger partial charge in [0.05, 0.1) is 46.9 Å². The average Bonchev–Trinajstić information content (AvgIpc) is 3.35. The second kappa shape index (κ2) is 11.8. The molecule has 0 radical (unpaired) electrons. The van der Waals surface area contributed by atoms with E-state index in [1.807, 2.05) is 18.2 Å². The highest BCUT2D eigenvalue weighted by atomic mass is 19.1. The van der Waals surface area contributed by atoms with Gasteiger partial charge in [0.15, 0.2) is 0 Å². The molecule has 216 valence electrons. The lowest BCUT2D eigenvalue weighted by atomic mass is 10.1. The van der Waals surface area contributed by atoms with Crippen molar-refractivity contribution in [2.45, 2.75) is 38.6 Å². The number of hydrogen-bond acceptors (Lipinski definition) is 8. The molecule has 2 saturated heterocycles. The van der Waals surface area contributed by atoms with Crippen molar-refractivity contribution < 1.29 is 23.8 Å². The molecule has 1 N–H and O–H groups in total. The Morgan fingerprint density at radius 1 is 1.17 bits per heavy atom. The zero-order valence-electron chi connectivity index (χ0n) is 23.2. The van der Waals surface area contributed by atoms with E-state index in [4.69, 9.17) is 19.7 Å². The van der Waals surface area contributed by atoms with Crippen LogP contribution in [0.1, 0.15) is 46.7 Å². The Labute approximate surface area is 242 Å². The first-order chi connectivity index (χ1) is 20.4. The van der Waals surface area contributed by atoms with Crippen LogP contribution >= 0.6 is 0 Å². The summed E-state index contributed by atoms with van der Waals surface area (Å²) >= 11 is 0. The lowest BCUT2D eigenvalue weighted by Crippen LogP contribution is -2.48. The van der Waals surface area contributed by atoms with Gasteiger partial charge >= 0.3 is 5.97 Å². The molecular formula is C31H31FN6O4. The molecule has 2 atom stereocenters. The summed E-state index contributed by atoms with van der Waals surface area (Å²) in [4.78, 5) is 25.8. The molecule has 2 aliphatic heterocycles. The second-order valence-electron chi connectivity index (χ2n) is 10.6. The van der Waals surface area contributed by atoms with Gasteiger partial charge in [-0.15, -0.1) is 0 Å². The van der Waals surface area contributed by atoms with Crippen LogP contribution in [0.3, 0.4) is 0 Å². The molecule has 0 bridgehead atoms. The number of aromatic carboxylic acids is 1. The van der Waals surface area contributed by atoms with Crippen molar-refractivity contribution in [3.8, 4) is 11.9 Å². The maximum Gasteiger partial charge on any atom is 0.335 e. The molecule has 2 aromatic heterocycles. The average molecular weight is 571 g/mol. The third-order valence-electron chi connectivity index (χ3n) is 8.03. The fourth-order valence-corrected chi connectivity index (χ4v) is 5.47. The lowest BCUT2D eigenvalue weighted by Gasteiger charge is -2.38. The number of carboxylic acid groups (broad SMARTS) is 1. The fraction of sp³-hybridized carbons (Fsp3) is 0.355. The largest absolute Gasteiger partial charge is 0.478 e. The van der Waals surface area contributed by atoms with Gasteiger partial charge in [-0.25, -0.2) is 14.2 Å². The summed E-state index contributed by atoms with van der Waals surface area (Å²) in [6.07, 6.45) is 1.08. The summed E-state index contributed by atoms with van der Waals surface area (Å²) in [6, 6.07) is 16.9. The lowest BCUT2D eigenvalue weighted by molar-refractivity contribution is -0.0594. The molecule has 2 aliphatic rings. The molecule has 10 nitrogen and oxygen atoms in total. The van der Waals surface area contributed by atoms with Crippen LogP contribution < -0.4 is 9.64 Å². The van der Waals surface area contributed by atoms with Crippen LogP contribution in [0, 0.1) is 17.1 Å². The number of carboxylic acids is 1. The van der Waals surface area contributed by atoms with Crippen molar-refractivity contribution in [2.75, 3.05) is 37.7 Å². The number of nitriles is 1. The smallest absolute Gasteiger partial charge is 0.335 e. The van der Waals surface area contributed by atoms with Gasteiger partial charge in [-0.2, -0.15) is 10.2 Å². The number of piperazine rings is 1. The van der Waals surface area contributed by atoms with Gasteiger partial charge in [-0.1, -0.05) is 12.1 Å². The van der Waals surface area contributed by atoms with Crippen LogP contribution in [0.15, 0.2) is 54.6 Å². The number of aromatic nitrogens is 3. The van der Waals surface area contributed by atoms with Gasteiger partial charge in [0.25, 0.3) is 0 Å². The van der Waals surface area contributed by atoms with E-state index in [0.29, 0.717) is 18.0 Å². The standard InChI is InChI=1S/C31H31FN6O4/c1-20(30-34-26-8-7-22(31(39)40)16-27(26)38(30)18-24-9-14-41-24)36-10-12-37(13-11-36)28-3-2-4-29(35-28)42-19-23-6-5-21(17-33)15-25(23)32/h2-8,15-16,20,24H,9-14,18-19H2,1H3,(H,39,40)/t20-,24?/m1/s1. The molecule has 0 amide bonds. The summed E-state index contributed by atoms with van der Waals surface area (Å²) in [6.45, 7) is 6.61. The third-order valence-corrected chi connectivity index (χ3v) is 8.03. The Balaban J connectivity index is 1.13. The highest BCUT2D eigenvalue weighted by molar-refractivity contribution is 5.92. The third kappa shape index (κ3) is 5.64. The highest BCUT2D eigenvalue weighted by Crippen LogP contribution is 2.29. The second-order valence-corrected chi connectivity index (χ2v) is 10.6. The molecule has 4 heterocycles. The monoisotopic (exact) mass is 570 g/mol. The van der Waals surface area contributed by atoms with Crippen LogP contribution in [-0.4, -0.2) is 69.4 Å². The van der Waals surface area contributed by atoms with Gasteiger partial charge in [0.2, 0.25) is 5.88 Å². The zero-order chi connectivity index (χ0) is 29.2. The van der Waals surface area contributed by atoms with Crippen LogP contribution in [-0.2, 0) is 17.9 Å².